The summed E-state index contributed by atoms with van der Waals surface area (Å²) in [5.74, 6) is -0.985. The summed E-state index contributed by atoms with van der Waals surface area (Å²) in [6.07, 6.45) is 0. The minimum absolute atomic E-state index is 0.292. The lowest BCUT2D eigenvalue weighted by Crippen LogP contribution is -2.46. The van der Waals surface area contributed by atoms with Gasteiger partial charge in [-0.25, -0.2) is 14.0 Å². The van der Waals surface area contributed by atoms with Gasteiger partial charge in [-0.3, -0.25) is 0 Å². The summed E-state index contributed by atoms with van der Waals surface area (Å²) in [4.78, 5) is 25.1. The highest BCUT2D eigenvalue weighted by Crippen LogP contribution is 2.30. The molecule has 0 fully saturated rings. The highest BCUT2D eigenvalue weighted by Gasteiger charge is 2.34. The lowest BCUT2D eigenvalue weighted by molar-refractivity contribution is -0.136. The maximum Gasteiger partial charge on any atom is 0.337 e. The molecule has 5 nitrogen and oxygen atoms in total. The van der Waals surface area contributed by atoms with Crippen LogP contribution in [0.15, 0.2) is 35.5 Å². The molecule has 0 saturated carbocycles. The zero-order valence-electron chi connectivity index (χ0n) is 11.4. The number of nitrogens with one attached hydrogen (secondary N) is 1. The second-order valence-electron chi connectivity index (χ2n) is 4.49. The van der Waals surface area contributed by atoms with Gasteiger partial charge in [0.25, 0.3) is 0 Å². The van der Waals surface area contributed by atoms with E-state index in [0.717, 1.165) is 0 Å². The van der Waals surface area contributed by atoms with Crippen molar-refractivity contribution in [3.8, 4) is 0 Å². The number of nitrogens with zero attached hydrogens (tertiary/aromatic N) is 1. The zero-order chi connectivity index (χ0) is 14.9. The van der Waals surface area contributed by atoms with Crippen LogP contribution >= 0.6 is 0 Å². The van der Waals surface area contributed by atoms with Crippen molar-refractivity contribution in [2.75, 3.05) is 14.2 Å². The Kier molecular flexibility index (Phi) is 3.74. The first-order valence-corrected chi connectivity index (χ1v) is 6.04. The Morgan fingerprint density at radius 3 is 2.75 bits per heavy atom. The summed E-state index contributed by atoms with van der Waals surface area (Å²) in [6.45, 7) is 1.65. The summed E-state index contributed by atoms with van der Waals surface area (Å²) in [5.41, 5.74) is 1.27. The average Bonchev–Trinajstić information content (AvgIpc) is 2.43. The van der Waals surface area contributed by atoms with Crippen molar-refractivity contribution < 1.29 is 18.7 Å². The third kappa shape index (κ3) is 2.36. The second-order valence-corrected chi connectivity index (χ2v) is 4.49. The third-order valence-corrected chi connectivity index (χ3v) is 3.34. The maximum atomic E-state index is 13.3. The van der Waals surface area contributed by atoms with Crippen LogP contribution < -0.4 is 5.32 Å². The number of rotatable bonds is 2. The number of urea groups is 1. The van der Waals surface area contributed by atoms with Gasteiger partial charge < -0.3 is 15.0 Å². The molecule has 0 spiro atoms. The summed E-state index contributed by atoms with van der Waals surface area (Å²) >= 11 is 0. The Bertz CT molecular complexity index is 598. The van der Waals surface area contributed by atoms with E-state index in [0.29, 0.717) is 16.8 Å². The minimum Gasteiger partial charge on any atom is -0.466 e. The van der Waals surface area contributed by atoms with Gasteiger partial charge in [-0.15, -0.1) is 0 Å². The monoisotopic (exact) mass is 278 g/mol. The molecule has 2 amide bonds. The number of allylic oxidation sites excluding steroid dienone is 1. The molecule has 0 aliphatic carbocycles. The number of methoxy groups -OCH3 is 1. The predicted molar refractivity (Wildman–Crippen MR) is 70.2 cm³/mol. The van der Waals surface area contributed by atoms with Gasteiger partial charge >= 0.3 is 12.0 Å². The molecule has 1 aliphatic rings. The Labute approximate surface area is 116 Å². The molecule has 0 bridgehead atoms. The quantitative estimate of drug-likeness (QED) is 0.841. The smallest absolute Gasteiger partial charge is 0.337 e. The van der Waals surface area contributed by atoms with E-state index in [9.17, 15) is 14.0 Å². The summed E-state index contributed by atoms with van der Waals surface area (Å²) in [7, 11) is 2.82. The van der Waals surface area contributed by atoms with Gasteiger partial charge in [0, 0.05) is 12.7 Å². The highest BCUT2D eigenvalue weighted by atomic mass is 19.1. The van der Waals surface area contributed by atoms with Crippen LogP contribution in [0.1, 0.15) is 18.5 Å². The molecule has 0 saturated heterocycles. The number of hydrogen-bond acceptors (Lipinski definition) is 3. The minimum atomic E-state index is -0.721. The Balaban J connectivity index is 2.55. The van der Waals surface area contributed by atoms with E-state index < -0.39 is 17.8 Å². The van der Waals surface area contributed by atoms with Crippen molar-refractivity contribution in [2.45, 2.75) is 13.0 Å². The first-order chi connectivity index (χ1) is 9.45. The van der Waals surface area contributed by atoms with Crippen molar-refractivity contribution in [2.24, 2.45) is 0 Å². The van der Waals surface area contributed by atoms with Crippen molar-refractivity contribution in [1.29, 1.82) is 0 Å². The molecule has 6 heteroatoms. The molecule has 0 aromatic heterocycles. The number of ether oxygens (including phenoxy) is 1. The molecule has 1 heterocycles. The molecular formula is C14H15FN2O3. The molecule has 1 N–H and O–H groups in total. The number of carbonyl (C=O) groups excluding carboxylic acids is 2. The van der Waals surface area contributed by atoms with Gasteiger partial charge in [-0.2, -0.15) is 0 Å². The SMILES string of the molecule is COC(=O)C1=C(C)N(C)C(=O)NC1c1cccc(F)c1. The standard InChI is InChI=1S/C14H15FN2O3/c1-8-11(13(18)20-3)12(16-14(19)17(8)2)9-5-4-6-10(15)7-9/h4-7,12H,1-3H3,(H,16,19). The van der Waals surface area contributed by atoms with E-state index in [4.69, 9.17) is 4.74 Å². The molecule has 106 valence electrons. The molecule has 1 aliphatic heterocycles. The van der Waals surface area contributed by atoms with Crippen LogP contribution in [0.5, 0.6) is 0 Å². The van der Waals surface area contributed by atoms with E-state index in [2.05, 4.69) is 5.32 Å². The molecule has 20 heavy (non-hydrogen) atoms. The van der Waals surface area contributed by atoms with Crippen molar-refractivity contribution >= 4 is 12.0 Å². The van der Waals surface area contributed by atoms with Crippen molar-refractivity contribution in [1.82, 2.24) is 10.2 Å². The van der Waals surface area contributed by atoms with Gasteiger partial charge in [0.05, 0.1) is 18.7 Å². The van der Waals surface area contributed by atoms with Crippen LogP contribution in [0, 0.1) is 5.82 Å². The normalized spacial score (nSPS) is 18.9. The van der Waals surface area contributed by atoms with E-state index in [1.165, 1.54) is 30.2 Å². The summed E-state index contributed by atoms with van der Waals surface area (Å²) in [6, 6.07) is 4.68. The van der Waals surface area contributed by atoms with Crippen LogP contribution in [0.3, 0.4) is 0 Å². The molecule has 1 aromatic rings. The fourth-order valence-corrected chi connectivity index (χ4v) is 2.15. The second kappa shape index (κ2) is 5.32. The van der Waals surface area contributed by atoms with Gasteiger partial charge in [0.2, 0.25) is 0 Å². The van der Waals surface area contributed by atoms with E-state index in [1.807, 2.05) is 0 Å². The van der Waals surface area contributed by atoms with Crippen LogP contribution in [0.25, 0.3) is 0 Å². The van der Waals surface area contributed by atoms with Gasteiger partial charge in [0.1, 0.15) is 5.82 Å². The lowest BCUT2D eigenvalue weighted by Gasteiger charge is -2.33. The molecular weight excluding hydrogens is 263 g/mol. The molecule has 2 rings (SSSR count). The maximum absolute atomic E-state index is 13.3. The van der Waals surface area contributed by atoms with Crippen LogP contribution in [-0.2, 0) is 9.53 Å². The number of carbonyl (C=O) groups is 2. The van der Waals surface area contributed by atoms with Crippen molar-refractivity contribution in [3.05, 3.63) is 46.9 Å². The summed E-state index contributed by atoms with van der Waals surface area (Å²) in [5, 5.41) is 2.67. The molecule has 1 unspecified atom stereocenters. The van der Waals surface area contributed by atoms with Crippen LogP contribution in [0.4, 0.5) is 9.18 Å². The Morgan fingerprint density at radius 1 is 1.45 bits per heavy atom. The van der Waals surface area contributed by atoms with E-state index in [-0.39, 0.29) is 6.03 Å². The van der Waals surface area contributed by atoms with Crippen LogP contribution in [0.2, 0.25) is 0 Å². The average molecular weight is 278 g/mol. The number of amides is 2. The topological polar surface area (TPSA) is 58.6 Å². The van der Waals surface area contributed by atoms with Gasteiger partial charge in [0.15, 0.2) is 0 Å². The van der Waals surface area contributed by atoms with E-state index >= 15 is 0 Å². The summed E-state index contributed by atoms with van der Waals surface area (Å²) < 4.78 is 18.1. The zero-order valence-corrected chi connectivity index (χ0v) is 11.4. The predicted octanol–water partition coefficient (Wildman–Crippen LogP) is 1.97. The third-order valence-electron chi connectivity index (χ3n) is 3.34. The lowest BCUT2D eigenvalue weighted by atomic mass is 9.95. The molecule has 0 radical (unpaired) electrons. The number of hydrogen-bond donors (Lipinski definition) is 1. The largest absolute Gasteiger partial charge is 0.466 e. The van der Waals surface area contributed by atoms with Gasteiger partial charge in [-0.1, -0.05) is 12.1 Å². The highest BCUT2D eigenvalue weighted by molar-refractivity contribution is 5.94. The fourth-order valence-electron chi connectivity index (χ4n) is 2.15. The Morgan fingerprint density at radius 2 is 2.15 bits per heavy atom. The van der Waals surface area contributed by atoms with Gasteiger partial charge in [-0.05, 0) is 24.6 Å². The Hall–Kier alpha value is -2.37. The molecule has 1 aromatic carbocycles. The number of esters is 1. The van der Waals surface area contributed by atoms with Crippen LogP contribution in [-0.4, -0.2) is 31.1 Å². The number of benzene rings is 1. The van der Waals surface area contributed by atoms with E-state index in [1.54, 1.807) is 20.0 Å². The van der Waals surface area contributed by atoms with Crippen molar-refractivity contribution in [3.63, 3.8) is 0 Å². The fraction of sp³-hybridized carbons (Fsp3) is 0.286. The first kappa shape index (κ1) is 14.0. The number of halogens is 1. The first-order valence-electron chi connectivity index (χ1n) is 6.04. The molecule has 1 atom stereocenters.